The largest absolute Gasteiger partial charge is 0.330 e. The number of nitrogens with zero attached hydrogens (tertiary/aromatic N) is 6. The molecule has 0 aliphatic rings. The summed E-state index contributed by atoms with van der Waals surface area (Å²) < 4.78 is 3.38. The van der Waals surface area contributed by atoms with Crippen LogP contribution in [0, 0.1) is 0 Å². The highest BCUT2D eigenvalue weighted by atomic mass is 16.2. The maximum absolute atomic E-state index is 12.6. The first-order valence-electron chi connectivity index (χ1n) is 10.7. The van der Waals surface area contributed by atoms with Gasteiger partial charge in [0.25, 0.3) is 5.56 Å². The number of fused-ring (bicyclic) bond motifs is 1. The molecule has 0 saturated heterocycles. The van der Waals surface area contributed by atoms with Gasteiger partial charge in [-0.3, -0.25) is 14.3 Å². The monoisotopic (exact) mass is 442 g/mol. The minimum absolute atomic E-state index is 0.417. The van der Waals surface area contributed by atoms with Crippen molar-refractivity contribution >= 4 is 11.2 Å². The van der Waals surface area contributed by atoms with Crippen molar-refractivity contribution in [1.29, 1.82) is 0 Å². The lowest BCUT2D eigenvalue weighted by atomic mass is 9.98. The van der Waals surface area contributed by atoms with Crippen molar-refractivity contribution in [1.82, 2.24) is 39.7 Å². The van der Waals surface area contributed by atoms with Crippen LogP contribution in [0.2, 0.25) is 0 Å². The molecular weight excluding hydrogens is 420 g/mol. The van der Waals surface area contributed by atoms with Gasteiger partial charge in [-0.15, -0.1) is 10.2 Å². The predicted molar refractivity (Wildman–Crippen MR) is 124 cm³/mol. The highest BCUT2D eigenvalue weighted by molar-refractivity contribution is 5.80. The van der Waals surface area contributed by atoms with E-state index >= 15 is 0 Å². The highest BCUT2D eigenvalue weighted by Crippen LogP contribution is 2.30. The molecule has 5 aromatic rings. The van der Waals surface area contributed by atoms with Crippen LogP contribution in [0.3, 0.4) is 0 Å². The van der Waals surface area contributed by atoms with Crippen LogP contribution in [0.4, 0.5) is 0 Å². The van der Waals surface area contributed by atoms with Crippen molar-refractivity contribution in [3.8, 4) is 22.5 Å². The van der Waals surface area contributed by atoms with Crippen LogP contribution < -0.4 is 11.2 Å². The van der Waals surface area contributed by atoms with Gasteiger partial charge in [0.15, 0.2) is 11.2 Å². The van der Waals surface area contributed by atoms with E-state index < -0.39 is 11.2 Å². The van der Waals surface area contributed by atoms with Crippen LogP contribution in [0.15, 0.2) is 58.1 Å². The lowest BCUT2D eigenvalue weighted by Gasteiger charge is -2.10. The van der Waals surface area contributed by atoms with Gasteiger partial charge in [0, 0.05) is 25.1 Å². The highest BCUT2D eigenvalue weighted by Gasteiger charge is 2.17. The number of benzene rings is 2. The number of nitrogens with one attached hydrogen (secondary N) is 2. The zero-order chi connectivity index (χ0) is 22.9. The molecule has 3 heterocycles. The molecule has 0 atom stereocenters. The van der Waals surface area contributed by atoms with Gasteiger partial charge < -0.3 is 4.57 Å². The first-order chi connectivity index (χ1) is 16.1. The van der Waals surface area contributed by atoms with Crippen molar-refractivity contribution in [3.63, 3.8) is 0 Å². The molecule has 10 heteroatoms. The minimum atomic E-state index is -0.438. The molecule has 0 radical (unpaired) electrons. The Morgan fingerprint density at radius 3 is 2.36 bits per heavy atom. The average Bonchev–Trinajstić information content (AvgIpc) is 3.49. The van der Waals surface area contributed by atoms with E-state index in [0.29, 0.717) is 36.5 Å². The first-order valence-corrected chi connectivity index (χ1v) is 10.7. The molecule has 33 heavy (non-hydrogen) atoms. The summed E-state index contributed by atoms with van der Waals surface area (Å²) in [6, 6.07) is 16.0. The molecule has 3 aromatic heterocycles. The molecule has 0 bridgehead atoms. The quantitative estimate of drug-likeness (QED) is 0.416. The van der Waals surface area contributed by atoms with Crippen molar-refractivity contribution in [3.05, 3.63) is 80.8 Å². The standard InChI is InChI=1S/C23H22N8O2/c1-3-18-24-21-19(22(32)25-23(33)30(21)4-2)31(18)13-14-9-11-15(12-10-14)16-7-5-6-8-17(16)20-26-28-29-27-20/h5-12H,3-4,13H2,1-2H3,(H,25,32,33)(H,26,27,28,29). The van der Waals surface area contributed by atoms with Crippen molar-refractivity contribution in [2.75, 3.05) is 0 Å². The van der Waals surface area contributed by atoms with E-state index in [1.54, 1.807) is 0 Å². The van der Waals surface area contributed by atoms with Crippen LogP contribution in [0.5, 0.6) is 0 Å². The van der Waals surface area contributed by atoms with E-state index in [1.165, 1.54) is 4.57 Å². The third kappa shape index (κ3) is 3.55. The number of H-pyrrole nitrogens is 2. The molecule has 0 aliphatic heterocycles. The summed E-state index contributed by atoms with van der Waals surface area (Å²) >= 11 is 0. The molecular formula is C23H22N8O2. The number of aryl methyl sites for hydroxylation is 2. The first kappa shape index (κ1) is 20.6. The molecule has 10 nitrogen and oxygen atoms in total. The van der Waals surface area contributed by atoms with E-state index in [0.717, 1.165) is 28.1 Å². The fourth-order valence-corrected chi connectivity index (χ4v) is 4.13. The fourth-order valence-electron chi connectivity index (χ4n) is 4.13. The number of hydrogen-bond acceptors (Lipinski definition) is 6. The Balaban J connectivity index is 1.54. The zero-order valence-corrected chi connectivity index (χ0v) is 18.2. The molecule has 166 valence electrons. The van der Waals surface area contributed by atoms with E-state index in [1.807, 2.05) is 66.9 Å². The van der Waals surface area contributed by atoms with Gasteiger partial charge in [0.1, 0.15) is 5.82 Å². The Morgan fingerprint density at radius 1 is 0.939 bits per heavy atom. The van der Waals surface area contributed by atoms with Crippen LogP contribution >= 0.6 is 0 Å². The number of tetrazole rings is 1. The summed E-state index contributed by atoms with van der Waals surface area (Å²) in [6.45, 7) is 4.74. The van der Waals surface area contributed by atoms with Crippen molar-refractivity contribution in [2.24, 2.45) is 0 Å². The lowest BCUT2D eigenvalue weighted by molar-refractivity contribution is 0.717. The van der Waals surface area contributed by atoms with Gasteiger partial charge in [-0.25, -0.2) is 9.78 Å². The SMILES string of the molecule is CCc1nc2c(c(=O)[nH]c(=O)n2CC)n1Cc1ccc(-c2ccccc2-c2nn[nH]n2)cc1. The molecule has 0 saturated carbocycles. The maximum Gasteiger partial charge on any atom is 0.330 e. The Morgan fingerprint density at radius 2 is 1.70 bits per heavy atom. The summed E-state index contributed by atoms with van der Waals surface area (Å²) in [5.41, 5.74) is 3.90. The normalized spacial score (nSPS) is 11.3. The summed E-state index contributed by atoms with van der Waals surface area (Å²) in [5.74, 6) is 1.29. The van der Waals surface area contributed by atoms with E-state index in [4.69, 9.17) is 0 Å². The second-order valence-corrected chi connectivity index (χ2v) is 7.62. The fraction of sp³-hybridized carbons (Fsp3) is 0.217. The van der Waals surface area contributed by atoms with E-state index in [2.05, 4.69) is 30.6 Å². The van der Waals surface area contributed by atoms with Crippen LogP contribution in [0.25, 0.3) is 33.7 Å². The van der Waals surface area contributed by atoms with Gasteiger partial charge in [0.2, 0.25) is 5.82 Å². The lowest BCUT2D eigenvalue weighted by Crippen LogP contribution is -2.30. The molecule has 0 unspecified atom stereocenters. The third-order valence-corrected chi connectivity index (χ3v) is 5.72. The summed E-state index contributed by atoms with van der Waals surface area (Å²) in [5, 5.41) is 14.4. The molecule has 2 N–H and O–H groups in total. The minimum Gasteiger partial charge on any atom is -0.318 e. The Bertz CT molecular complexity index is 1540. The summed E-state index contributed by atoms with van der Waals surface area (Å²) in [7, 11) is 0. The number of aromatic amines is 2. The molecule has 2 aromatic carbocycles. The topological polar surface area (TPSA) is 127 Å². The average molecular weight is 442 g/mol. The summed E-state index contributed by atoms with van der Waals surface area (Å²) in [6.07, 6.45) is 0.641. The van der Waals surface area contributed by atoms with Gasteiger partial charge in [-0.2, -0.15) is 5.21 Å². The van der Waals surface area contributed by atoms with Crippen LogP contribution in [0.1, 0.15) is 25.2 Å². The van der Waals surface area contributed by atoms with Gasteiger partial charge in [-0.05, 0) is 28.8 Å². The van der Waals surface area contributed by atoms with Gasteiger partial charge in [0.05, 0.1) is 0 Å². The molecule has 0 aliphatic carbocycles. The number of aromatic nitrogens is 8. The number of rotatable bonds is 6. The Labute approximate surface area is 187 Å². The van der Waals surface area contributed by atoms with Gasteiger partial charge >= 0.3 is 5.69 Å². The van der Waals surface area contributed by atoms with Gasteiger partial charge in [-0.1, -0.05) is 55.5 Å². The molecule has 5 rings (SSSR count). The Hall–Kier alpha value is -4.34. The van der Waals surface area contributed by atoms with Crippen LogP contribution in [-0.2, 0) is 19.5 Å². The van der Waals surface area contributed by atoms with E-state index in [9.17, 15) is 9.59 Å². The number of imidazole rings is 1. The van der Waals surface area contributed by atoms with Crippen molar-refractivity contribution < 1.29 is 0 Å². The molecule has 0 spiro atoms. The smallest absolute Gasteiger partial charge is 0.318 e. The van der Waals surface area contributed by atoms with Crippen LogP contribution in [-0.4, -0.2) is 39.7 Å². The number of hydrogen-bond donors (Lipinski definition) is 2. The third-order valence-electron chi connectivity index (χ3n) is 5.72. The predicted octanol–water partition coefficient (Wildman–Crippen LogP) is 2.36. The summed E-state index contributed by atoms with van der Waals surface area (Å²) in [4.78, 5) is 31.9. The maximum atomic E-state index is 12.6. The van der Waals surface area contributed by atoms with E-state index in [-0.39, 0.29) is 0 Å². The second kappa shape index (κ2) is 8.30. The second-order valence-electron chi connectivity index (χ2n) is 7.62. The molecule has 0 fully saturated rings. The zero-order valence-electron chi connectivity index (χ0n) is 18.2. The Kier molecular flexibility index (Phi) is 5.17. The molecule has 0 amide bonds. The van der Waals surface area contributed by atoms with Crippen molar-refractivity contribution in [2.45, 2.75) is 33.4 Å².